The molecule has 1 unspecified atom stereocenters. The Labute approximate surface area is 186 Å². The van der Waals surface area contributed by atoms with E-state index in [0.29, 0.717) is 5.76 Å². The van der Waals surface area contributed by atoms with Crippen LogP contribution in [0.2, 0.25) is 5.02 Å². The number of hydrogen-bond acceptors (Lipinski definition) is 5. The zero-order valence-electron chi connectivity index (χ0n) is 16.9. The minimum atomic E-state index is -1.24. The van der Waals surface area contributed by atoms with Crippen LogP contribution in [0.4, 0.5) is 14.5 Å². The van der Waals surface area contributed by atoms with Crippen LogP contribution < -0.4 is 9.64 Å². The van der Waals surface area contributed by atoms with Gasteiger partial charge >= 0.3 is 0 Å². The molecule has 1 aromatic heterocycles. The maximum absolute atomic E-state index is 13.9. The SMILES string of the molecule is COc1ccc(Cl)cc1/C(O)=C1/C(=O)C(=O)N(c2ccc(F)c(F)c2)C1c1ccc(C)o1. The van der Waals surface area contributed by atoms with Crippen LogP contribution in [0.1, 0.15) is 23.1 Å². The second-order valence-electron chi connectivity index (χ2n) is 7.06. The van der Waals surface area contributed by atoms with Crippen molar-refractivity contribution in [3.8, 4) is 5.75 Å². The van der Waals surface area contributed by atoms with E-state index in [1.54, 1.807) is 13.0 Å². The topological polar surface area (TPSA) is 80.0 Å². The molecular weight excluding hydrogens is 444 g/mol. The van der Waals surface area contributed by atoms with Gasteiger partial charge in [0.15, 0.2) is 11.6 Å². The molecule has 3 aromatic rings. The molecule has 2 heterocycles. The van der Waals surface area contributed by atoms with E-state index in [9.17, 15) is 23.5 Å². The first-order chi connectivity index (χ1) is 15.2. The summed E-state index contributed by atoms with van der Waals surface area (Å²) in [7, 11) is 1.37. The van der Waals surface area contributed by atoms with Crippen LogP contribution in [0.3, 0.4) is 0 Å². The van der Waals surface area contributed by atoms with Gasteiger partial charge in [-0.3, -0.25) is 14.5 Å². The fraction of sp³-hybridized carbons (Fsp3) is 0.130. The molecule has 6 nitrogen and oxygen atoms in total. The highest BCUT2D eigenvalue weighted by Crippen LogP contribution is 2.44. The molecule has 1 fully saturated rings. The van der Waals surface area contributed by atoms with Crippen molar-refractivity contribution in [2.75, 3.05) is 12.0 Å². The third-order valence-corrected chi connectivity index (χ3v) is 5.31. The third kappa shape index (κ3) is 3.52. The lowest BCUT2D eigenvalue weighted by atomic mass is 9.98. The average molecular weight is 460 g/mol. The lowest BCUT2D eigenvalue weighted by molar-refractivity contribution is -0.132. The standard InChI is InChI=1S/C23H16ClF2NO5/c1-11-3-7-18(32-11)20-19(21(28)14-9-12(24)4-8-17(14)31-2)22(29)23(30)27(20)13-5-6-15(25)16(26)10-13/h3-10,20,28H,1-2H3/b21-19-. The Morgan fingerprint density at radius 3 is 2.47 bits per heavy atom. The molecule has 0 aliphatic carbocycles. The van der Waals surface area contributed by atoms with E-state index >= 15 is 0 Å². The summed E-state index contributed by atoms with van der Waals surface area (Å²) in [6.07, 6.45) is 0. The summed E-state index contributed by atoms with van der Waals surface area (Å²) in [4.78, 5) is 27.0. The molecule has 2 aromatic carbocycles. The molecule has 32 heavy (non-hydrogen) atoms. The number of ketones is 1. The molecule has 1 atom stereocenters. The number of rotatable bonds is 4. The number of carbonyl (C=O) groups excluding carboxylic acids is 2. The number of hydrogen-bond donors (Lipinski definition) is 1. The van der Waals surface area contributed by atoms with Gasteiger partial charge in [-0.05, 0) is 49.4 Å². The molecule has 4 rings (SSSR count). The molecule has 0 saturated carbocycles. The molecule has 164 valence electrons. The number of methoxy groups -OCH3 is 1. The summed E-state index contributed by atoms with van der Waals surface area (Å²) >= 11 is 6.06. The predicted molar refractivity (Wildman–Crippen MR) is 113 cm³/mol. The van der Waals surface area contributed by atoms with Gasteiger partial charge in [0.05, 0.1) is 18.2 Å². The predicted octanol–water partition coefficient (Wildman–Crippen LogP) is 5.15. The smallest absolute Gasteiger partial charge is 0.300 e. The highest BCUT2D eigenvalue weighted by molar-refractivity contribution is 6.51. The van der Waals surface area contributed by atoms with Crippen molar-refractivity contribution < 1.29 is 32.6 Å². The van der Waals surface area contributed by atoms with Gasteiger partial charge in [-0.1, -0.05) is 11.6 Å². The summed E-state index contributed by atoms with van der Waals surface area (Å²) in [6.45, 7) is 1.66. The monoisotopic (exact) mass is 459 g/mol. The second-order valence-corrected chi connectivity index (χ2v) is 7.50. The number of aliphatic hydroxyl groups excluding tert-OH is 1. The van der Waals surface area contributed by atoms with Crippen molar-refractivity contribution in [1.29, 1.82) is 0 Å². The molecule has 9 heteroatoms. The van der Waals surface area contributed by atoms with Crippen LogP contribution in [-0.2, 0) is 9.59 Å². The normalized spacial score (nSPS) is 17.8. The van der Waals surface area contributed by atoms with Gasteiger partial charge in [0.25, 0.3) is 11.7 Å². The first-order valence-corrected chi connectivity index (χ1v) is 9.77. The van der Waals surface area contributed by atoms with Crippen molar-refractivity contribution in [1.82, 2.24) is 0 Å². The lowest BCUT2D eigenvalue weighted by Crippen LogP contribution is -2.29. The molecule has 1 saturated heterocycles. The van der Waals surface area contributed by atoms with E-state index < -0.39 is 35.1 Å². The fourth-order valence-electron chi connectivity index (χ4n) is 3.61. The number of aliphatic hydroxyl groups is 1. The van der Waals surface area contributed by atoms with Crippen molar-refractivity contribution in [2.24, 2.45) is 0 Å². The minimum Gasteiger partial charge on any atom is -0.507 e. The van der Waals surface area contributed by atoms with Crippen LogP contribution in [0, 0.1) is 18.6 Å². The molecule has 0 bridgehead atoms. The lowest BCUT2D eigenvalue weighted by Gasteiger charge is -2.23. The van der Waals surface area contributed by atoms with E-state index in [1.807, 2.05) is 0 Å². The van der Waals surface area contributed by atoms with Gasteiger partial charge in [-0.25, -0.2) is 8.78 Å². The quantitative estimate of drug-likeness (QED) is 0.331. The van der Waals surface area contributed by atoms with Crippen LogP contribution in [0.5, 0.6) is 5.75 Å². The van der Waals surface area contributed by atoms with Crippen molar-refractivity contribution in [2.45, 2.75) is 13.0 Å². The molecular formula is C23H16ClF2NO5. The van der Waals surface area contributed by atoms with Crippen molar-refractivity contribution in [3.05, 3.63) is 87.8 Å². The van der Waals surface area contributed by atoms with E-state index in [0.717, 1.165) is 23.1 Å². The fourth-order valence-corrected chi connectivity index (χ4v) is 3.79. The van der Waals surface area contributed by atoms with E-state index in [2.05, 4.69) is 0 Å². The summed E-state index contributed by atoms with van der Waals surface area (Å²) in [6, 6.07) is 9.10. The van der Waals surface area contributed by atoms with E-state index in [4.69, 9.17) is 20.8 Å². The number of Topliss-reactive ketones (excluding diaryl/α,β-unsaturated/α-hetero) is 1. The zero-order chi connectivity index (χ0) is 23.2. The number of amides is 1. The number of aryl methyl sites for hydroxylation is 1. The molecule has 1 aliphatic heterocycles. The number of benzene rings is 2. The Bertz CT molecular complexity index is 1280. The van der Waals surface area contributed by atoms with Crippen molar-refractivity contribution >= 4 is 34.7 Å². The molecule has 1 amide bonds. The van der Waals surface area contributed by atoms with Gasteiger partial charge in [-0.15, -0.1) is 0 Å². The summed E-state index contributed by atoms with van der Waals surface area (Å²) in [5, 5.41) is 11.4. The Morgan fingerprint density at radius 2 is 1.84 bits per heavy atom. The summed E-state index contributed by atoms with van der Waals surface area (Å²) in [5.41, 5.74) is -0.312. The Morgan fingerprint density at radius 1 is 1.09 bits per heavy atom. The number of halogens is 3. The van der Waals surface area contributed by atoms with Crippen LogP contribution >= 0.6 is 11.6 Å². The van der Waals surface area contributed by atoms with Gasteiger partial charge in [0.1, 0.15) is 29.1 Å². The van der Waals surface area contributed by atoms with E-state index in [1.165, 1.54) is 31.4 Å². The van der Waals surface area contributed by atoms with Gasteiger partial charge < -0.3 is 14.3 Å². The number of anilines is 1. The molecule has 0 spiro atoms. The maximum Gasteiger partial charge on any atom is 0.300 e. The number of ether oxygens (including phenoxy) is 1. The molecule has 1 aliphatic rings. The summed E-state index contributed by atoms with van der Waals surface area (Å²) in [5.74, 6) is -4.10. The third-order valence-electron chi connectivity index (χ3n) is 5.07. The highest BCUT2D eigenvalue weighted by Gasteiger charge is 2.48. The van der Waals surface area contributed by atoms with Gasteiger partial charge in [0, 0.05) is 16.8 Å². The van der Waals surface area contributed by atoms with Crippen LogP contribution in [0.25, 0.3) is 5.76 Å². The second kappa shape index (κ2) is 8.12. The minimum absolute atomic E-state index is 0.0802. The average Bonchev–Trinajstić information content (AvgIpc) is 3.30. The Kier molecular flexibility index (Phi) is 5.48. The molecule has 1 N–H and O–H groups in total. The Hall–Kier alpha value is -3.65. The number of nitrogens with zero attached hydrogens (tertiary/aromatic N) is 1. The zero-order valence-corrected chi connectivity index (χ0v) is 17.6. The van der Waals surface area contributed by atoms with Gasteiger partial charge in [0.2, 0.25) is 0 Å². The number of furan rings is 1. The molecule has 0 radical (unpaired) electrons. The first kappa shape index (κ1) is 21.6. The van der Waals surface area contributed by atoms with E-state index in [-0.39, 0.29) is 33.4 Å². The van der Waals surface area contributed by atoms with Crippen molar-refractivity contribution in [3.63, 3.8) is 0 Å². The largest absolute Gasteiger partial charge is 0.507 e. The van der Waals surface area contributed by atoms with Crippen LogP contribution in [0.15, 0.2) is 58.5 Å². The highest BCUT2D eigenvalue weighted by atomic mass is 35.5. The van der Waals surface area contributed by atoms with Crippen LogP contribution in [-0.4, -0.2) is 23.9 Å². The maximum atomic E-state index is 13.9. The van der Waals surface area contributed by atoms with Gasteiger partial charge in [-0.2, -0.15) is 0 Å². The Balaban J connectivity index is 1.98. The first-order valence-electron chi connectivity index (χ1n) is 9.39. The summed E-state index contributed by atoms with van der Waals surface area (Å²) < 4.78 is 38.3. The number of carbonyl (C=O) groups is 2.